The number of nitrogens with zero attached hydrogens (tertiary/aromatic N) is 9. The van der Waals surface area contributed by atoms with Gasteiger partial charge in [0.25, 0.3) is 11.8 Å². The minimum Gasteiger partial charge on any atom is -0.370 e. The molecule has 0 saturated heterocycles. The zero-order valence-electron chi connectivity index (χ0n) is 33.2. The first-order valence-corrected chi connectivity index (χ1v) is 19.7. The summed E-state index contributed by atoms with van der Waals surface area (Å²) in [5.74, 6) is -0.231. The van der Waals surface area contributed by atoms with E-state index >= 15 is 0 Å². The third-order valence-corrected chi connectivity index (χ3v) is 11.1. The SMILES string of the molecule is CCC(C)N(C)c1cccc2c1nc1n2CCCCn2c(nc3cc(C(N)=O)ccc32)NC(=O)c2c(c(C)nn2CC)CCCCCn2nc(C)cc2C(=O)N1. The quantitative estimate of drug-likeness (QED) is 0.179. The molecule has 15 heteroatoms. The molecule has 2 aromatic carbocycles. The highest BCUT2D eigenvalue weighted by atomic mass is 16.2. The number of fused-ring (bicyclic) bond motifs is 8. The van der Waals surface area contributed by atoms with E-state index in [2.05, 4.69) is 52.2 Å². The molecule has 0 saturated carbocycles. The molecule has 15 nitrogen and oxygen atoms in total. The minimum absolute atomic E-state index is 0.258. The van der Waals surface area contributed by atoms with Crippen molar-refractivity contribution in [1.29, 1.82) is 0 Å². The summed E-state index contributed by atoms with van der Waals surface area (Å²) in [7, 11) is 2.08. The molecule has 0 bridgehead atoms. The van der Waals surface area contributed by atoms with Crippen molar-refractivity contribution in [3.05, 3.63) is 76.4 Å². The van der Waals surface area contributed by atoms with Crippen LogP contribution in [0.5, 0.6) is 0 Å². The van der Waals surface area contributed by atoms with Crippen molar-refractivity contribution in [2.45, 2.75) is 112 Å². The van der Waals surface area contributed by atoms with E-state index in [0.29, 0.717) is 79.4 Å². The van der Waals surface area contributed by atoms with Gasteiger partial charge < -0.3 is 19.8 Å². The Labute approximate surface area is 326 Å². The molecule has 0 fully saturated rings. The topological polar surface area (TPSA) is 176 Å². The summed E-state index contributed by atoms with van der Waals surface area (Å²) in [5, 5.41) is 15.7. The van der Waals surface area contributed by atoms with Gasteiger partial charge in [0.15, 0.2) is 0 Å². The predicted molar refractivity (Wildman–Crippen MR) is 218 cm³/mol. The molecule has 5 heterocycles. The van der Waals surface area contributed by atoms with Gasteiger partial charge in [0.1, 0.15) is 16.9 Å². The molecule has 1 aliphatic rings. The lowest BCUT2D eigenvalue weighted by atomic mass is 10.0. The van der Waals surface area contributed by atoms with Crippen LogP contribution in [0.15, 0.2) is 42.5 Å². The van der Waals surface area contributed by atoms with Crippen LogP contribution in [0.3, 0.4) is 0 Å². The van der Waals surface area contributed by atoms with Crippen molar-refractivity contribution in [3.63, 3.8) is 0 Å². The molecule has 0 aliphatic carbocycles. The first kappa shape index (κ1) is 38.3. The number of imidazole rings is 2. The predicted octanol–water partition coefficient (Wildman–Crippen LogP) is 6.46. The van der Waals surface area contributed by atoms with Crippen molar-refractivity contribution < 1.29 is 14.4 Å². The van der Waals surface area contributed by atoms with Crippen molar-refractivity contribution in [3.8, 4) is 0 Å². The van der Waals surface area contributed by atoms with Gasteiger partial charge in [-0.3, -0.25) is 34.4 Å². The van der Waals surface area contributed by atoms with Crippen LogP contribution < -0.4 is 21.3 Å². The Balaban J connectivity index is 1.29. The highest BCUT2D eigenvalue weighted by Crippen LogP contribution is 2.31. The second kappa shape index (κ2) is 16.0. The number of anilines is 3. The Morgan fingerprint density at radius 1 is 0.875 bits per heavy atom. The van der Waals surface area contributed by atoms with E-state index in [1.165, 1.54) is 0 Å². The summed E-state index contributed by atoms with van der Waals surface area (Å²) in [5.41, 5.74) is 13.5. The number of aryl methyl sites for hydroxylation is 6. The number of nitrogens with one attached hydrogen (secondary N) is 2. The molecule has 6 aromatic rings. The van der Waals surface area contributed by atoms with Crippen LogP contribution in [0, 0.1) is 13.8 Å². The van der Waals surface area contributed by atoms with Crippen LogP contribution in [-0.4, -0.2) is 69.5 Å². The van der Waals surface area contributed by atoms with Gasteiger partial charge in [-0.1, -0.05) is 19.4 Å². The standard InChI is InChI=1S/C41H52N12O3/c1-7-26(4)49(6)32-16-14-17-33-35(32)44-41-45-38(55)34-23-25(3)47-53(34)22-11-9-10-15-29-27(5)48-52(8-2)36(29)39(56)46-40-43-30-24-28(37(42)54)18-19-31(30)50(40)20-12-13-21-51(33)41/h14,16-19,23-24,26H,7-13,15,20-22H2,1-6H3,(H2,42,54)(H,43,46,56)(H,44,45,55). The highest BCUT2D eigenvalue weighted by molar-refractivity contribution is 6.05. The van der Waals surface area contributed by atoms with E-state index in [1.807, 2.05) is 49.6 Å². The number of benzene rings is 2. The van der Waals surface area contributed by atoms with Crippen LogP contribution in [0.2, 0.25) is 0 Å². The van der Waals surface area contributed by atoms with Gasteiger partial charge >= 0.3 is 0 Å². The molecule has 4 N–H and O–H groups in total. The zero-order chi connectivity index (χ0) is 39.7. The summed E-state index contributed by atoms with van der Waals surface area (Å²) < 4.78 is 7.61. The van der Waals surface area contributed by atoms with Gasteiger partial charge in [-0.2, -0.15) is 10.2 Å². The Morgan fingerprint density at radius 3 is 2.32 bits per heavy atom. The number of rotatable bonds is 5. The van der Waals surface area contributed by atoms with Gasteiger partial charge in [0.2, 0.25) is 17.8 Å². The number of carbonyl (C=O) groups excluding carboxylic acids is 3. The largest absolute Gasteiger partial charge is 0.370 e. The molecule has 0 spiro atoms. The van der Waals surface area contributed by atoms with Gasteiger partial charge in [0, 0.05) is 50.4 Å². The average Bonchev–Trinajstić information content (AvgIpc) is 3.92. The van der Waals surface area contributed by atoms with E-state index in [0.717, 1.165) is 71.3 Å². The summed E-state index contributed by atoms with van der Waals surface area (Å²) in [6.45, 7) is 12.4. The maximum atomic E-state index is 14.2. The molecule has 1 atom stereocenters. The van der Waals surface area contributed by atoms with E-state index < -0.39 is 5.91 Å². The Morgan fingerprint density at radius 2 is 1.59 bits per heavy atom. The smallest absolute Gasteiger partial charge is 0.276 e. The van der Waals surface area contributed by atoms with Gasteiger partial charge in [-0.25, -0.2) is 9.97 Å². The molecular formula is C41H52N12O3. The second-order valence-corrected chi connectivity index (χ2v) is 14.8. The normalized spacial score (nSPS) is 15.2. The third kappa shape index (κ3) is 7.37. The number of para-hydroxylation sites is 1. The molecule has 294 valence electrons. The maximum Gasteiger partial charge on any atom is 0.276 e. The molecule has 1 aliphatic heterocycles. The van der Waals surface area contributed by atoms with Crippen LogP contribution in [0.25, 0.3) is 22.1 Å². The zero-order valence-corrected chi connectivity index (χ0v) is 33.2. The highest BCUT2D eigenvalue weighted by Gasteiger charge is 2.25. The third-order valence-electron chi connectivity index (χ3n) is 11.1. The minimum atomic E-state index is -0.549. The fourth-order valence-corrected chi connectivity index (χ4v) is 7.76. The number of hydrogen-bond donors (Lipinski definition) is 3. The average molecular weight is 761 g/mol. The van der Waals surface area contributed by atoms with Gasteiger partial charge in [-0.15, -0.1) is 0 Å². The molecule has 4 aromatic heterocycles. The maximum absolute atomic E-state index is 14.2. The van der Waals surface area contributed by atoms with Gasteiger partial charge in [0.05, 0.1) is 33.6 Å². The van der Waals surface area contributed by atoms with E-state index in [-0.39, 0.29) is 11.8 Å². The van der Waals surface area contributed by atoms with Gasteiger partial charge in [-0.05, 0) is 103 Å². The number of carbonyl (C=O) groups is 3. The van der Waals surface area contributed by atoms with Crippen LogP contribution in [0.1, 0.15) is 108 Å². The van der Waals surface area contributed by atoms with Crippen molar-refractivity contribution in [1.82, 2.24) is 38.7 Å². The number of aromatic nitrogens is 8. The molecule has 1 unspecified atom stereocenters. The molecule has 56 heavy (non-hydrogen) atoms. The fraction of sp³-hybridized carbons (Fsp3) is 0.439. The Bertz CT molecular complexity index is 2430. The van der Waals surface area contributed by atoms with Crippen LogP contribution in [-0.2, 0) is 32.6 Å². The Kier molecular flexibility index (Phi) is 10.9. The Hall–Kier alpha value is -5.99. The lowest BCUT2D eigenvalue weighted by Crippen LogP contribution is -2.28. The molecule has 0 radical (unpaired) electrons. The van der Waals surface area contributed by atoms with E-state index in [1.54, 1.807) is 21.5 Å². The number of amides is 3. The number of hydrogen-bond acceptors (Lipinski definition) is 8. The van der Waals surface area contributed by atoms with Crippen molar-refractivity contribution in [2.75, 3.05) is 22.6 Å². The summed E-state index contributed by atoms with van der Waals surface area (Å²) in [4.78, 5) is 52.5. The lowest BCUT2D eigenvalue weighted by molar-refractivity contribution is 0.0994. The molecule has 3 amide bonds. The first-order chi connectivity index (χ1) is 27.0. The first-order valence-electron chi connectivity index (χ1n) is 19.7. The lowest BCUT2D eigenvalue weighted by Gasteiger charge is -2.26. The molecule has 7 rings (SSSR count). The van der Waals surface area contributed by atoms with Crippen LogP contribution >= 0.6 is 0 Å². The van der Waals surface area contributed by atoms with Crippen molar-refractivity contribution >= 4 is 57.4 Å². The summed E-state index contributed by atoms with van der Waals surface area (Å²) in [6, 6.07) is 13.4. The van der Waals surface area contributed by atoms with Crippen LogP contribution in [0.4, 0.5) is 17.6 Å². The number of nitrogens with two attached hydrogens (primary N) is 1. The van der Waals surface area contributed by atoms with E-state index in [4.69, 9.17) is 20.8 Å². The van der Waals surface area contributed by atoms with E-state index in [9.17, 15) is 14.4 Å². The second-order valence-electron chi connectivity index (χ2n) is 14.8. The fourth-order valence-electron chi connectivity index (χ4n) is 7.76. The monoisotopic (exact) mass is 760 g/mol. The number of primary amides is 1. The summed E-state index contributed by atoms with van der Waals surface area (Å²) in [6.07, 6.45) is 5.54. The van der Waals surface area contributed by atoms with Crippen molar-refractivity contribution in [2.24, 2.45) is 5.73 Å². The summed E-state index contributed by atoms with van der Waals surface area (Å²) >= 11 is 0. The molecular weight excluding hydrogens is 709 g/mol.